The second-order valence-electron chi connectivity index (χ2n) is 5.73. The van der Waals surface area contributed by atoms with Crippen molar-refractivity contribution in [2.24, 2.45) is 0 Å². The van der Waals surface area contributed by atoms with E-state index in [2.05, 4.69) is 10.2 Å². The van der Waals surface area contributed by atoms with Crippen LogP contribution in [-0.4, -0.2) is 48.3 Å². The summed E-state index contributed by atoms with van der Waals surface area (Å²) >= 11 is 0. The van der Waals surface area contributed by atoms with E-state index in [-0.39, 0.29) is 0 Å². The Morgan fingerprint density at radius 2 is 1.88 bits per heavy atom. The van der Waals surface area contributed by atoms with Gasteiger partial charge in [-0.1, -0.05) is 19.3 Å². The quantitative estimate of drug-likeness (QED) is 0.719. The molecule has 3 nitrogen and oxygen atoms in total. The van der Waals surface area contributed by atoms with Crippen LogP contribution in [0.2, 0.25) is 0 Å². The molecule has 1 heterocycles. The van der Waals surface area contributed by atoms with Crippen LogP contribution in [0.1, 0.15) is 51.4 Å². The van der Waals surface area contributed by atoms with Gasteiger partial charge >= 0.3 is 0 Å². The van der Waals surface area contributed by atoms with Crippen LogP contribution in [0.15, 0.2) is 0 Å². The van der Waals surface area contributed by atoms with Crippen molar-refractivity contribution < 1.29 is 5.11 Å². The summed E-state index contributed by atoms with van der Waals surface area (Å²) in [6.07, 6.45) is 10.4. The van der Waals surface area contributed by atoms with Crippen LogP contribution in [0.25, 0.3) is 0 Å². The lowest BCUT2D eigenvalue weighted by Gasteiger charge is -2.50. The summed E-state index contributed by atoms with van der Waals surface area (Å²) in [5.41, 5.74) is 0.482. The number of unbranched alkanes of at least 4 members (excludes halogenated alkanes) is 2. The van der Waals surface area contributed by atoms with Gasteiger partial charge in [-0.2, -0.15) is 0 Å². The first kappa shape index (κ1) is 13.3. The van der Waals surface area contributed by atoms with Crippen molar-refractivity contribution in [3.05, 3.63) is 0 Å². The normalized spacial score (nSPS) is 25.2. The first-order chi connectivity index (χ1) is 8.37. The zero-order valence-electron chi connectivity index (χ0n) is 11.1. The minimum absolute atomic E-state index is 0.354. The van der Waals surface area contributed by atoms with Crippen molar-refractivity contribution in [2.75, 3.05) is 32.8 Å². The zero-order chi connectivity index (χ0) is 12.0. The van der Waals surface area contributed by atoms with Gasteiger partial charge in [0.05, 0.1) is 0 Å². The van der Waals surface area contributed by atoms with Crippen molar-refractivity contribution in [2.45, 2.75) is 56.9 Å². The summed E-state index contributed by atoms with van der Waals surface area (Å²) in [4.78, 5) is 2.75. The largest absolute Gasteiger partial charge is 0.396 e. The summed E-state index contributed by atoms with van der Waals surface area (Å²) < 4.78 is 0. The minimum Gasteiger partial charge on any atom is -0.396 e. The summed E-state index contributed by atoms with van der Waals surface area (Å²) in [6, 6.07) is 0. The van der Waals surface area contributed by atoms with Gasteiger partial charge in [0.2, 0.25) is 0 Å². The van der Waals surface area contributed by atoms with Crippen molar-refractivity contribution in [3.8, 4) is 0 Å². The van der Waals surface area contributed by atoms with Crippen LogP contribution in [0.4, 0.5) is 0 Å². The number of hydrogen-bond donors (Lipinski definition) is 2. The Morgan fingerprint density at radius 1 is 1.06 bits per heavy atom. The second kappa shape index (κ2) is 6.72. The molecule has 0 bridgehead atoms. The predicted molar refractivity (Wildman–Crippen MR) is 71.2 cm³/mol. The highest BCUT2D eigenvalue weighted by Crippen LogP contribution is 2.34. The molecule has 0 aromatic rings. The first-order valence-electron chi connectivity index (χ1n) is 7.44. The maximum absolute atomic E-state index is 8.82. The molecular formula is C14H28N2O. The molecule has 1 saturated heterocycles. The average Bonchev–Trinajstić information content (AvgIpc) is 2.38. The van der Waals surface area contributed by atoms with Crippen LogP contribution >= 0.6 is 0 Å². The van der Waals surface area contributed by atoms with Gasteiger partial charge in [-0.15, -0.1) is 0 Å². The highest BCUT2D eigenvalue weighted by molar-refractivity contribution is 4.97. The lowest BCUT2D eigenvalue weighted by atomic mass is 9.79. The van der Waals surface area contributed by atoms with Gasteiger partial charge in [-0.3, -0.25) is 4.90 Å². The molecule has 1 spiro atoms. The Balaban J connectivity index is 1.83. The van der Waals surface area contributed by atoms with Gasteiger partial charge in [0, 0.05) is 31.8 Å². The van der Waals surface area contributed by atoms with E-state index < -0.39 is 0 Å². The lowest BCUT2D eigenvalue weighted by molar-refractivity contribution is 0.0261. The van der Waals surface area contributed by atoms with E-state index in [1.165, 1.54) is 64.6 Å². The number of aliphatic hydroxyl groups is 1. The molecule has 2 rings (SSSR count). The summed E-state index contributed by atoms with van der Waals surface area (Å²) in [5.74, 6) is 0. The maximum Gasteiger partial charge on any atom is 0.0431 e. The van der Waals surface area contributed by atoms with E-state index in [1.807, 2.05) is 0 Å². The second-order valence-corrected chi connectivity index (χ2v) is 5.73. The summed E-state index contributed by atoms with van der Waals surface area (Å²) in [5, 5.41) is 12.4. The Hall–Kier alpha value is -0.120. The molecule has 1 aliphatic heterocycles. The molecule has 0 atom stereocenters. The molecule has 3 heteroatoms. The van der Waals surface area contributed by atoms with Crippen molar-refractivity contribution in [1.82, 2.24) is 10.2 Å². The maximum atomic E-state index is 8.82. The molecule has 0 radical (unpaired) electrons. The van der Waals surface area contributed by atoms with E-state index in [9.17, 15) is 0 Å². The van der Waals surface area contributed by atoms with Gasteiger partial charge in [0.15, 0.2) is 0 Å². The van der Waals surface area contributed by atoms with E-state index in [1.54, 1.807) is 0 Å². The smallest absolute Gasteiger partial charge is 0.0431 e. The molecule has 100 valence electrons. The fourth-order valence-corrected chi connectivity index (χ4v) is 3.53. The topological polar surface area (TPSA) is 35.5 Å². The Kier molecular flexibility index (Phi) is 5.26. The fourth-order valence-electron chi connectivity index (χ4n) is 3.53. The number of rotatable bonds is 5. The molecule has 0 aromatic carbocycles. The van der Waals surface area contributed by atoms with Crippen LogP contribution in [0.3, 0.4) is 0 Å². The van der Waals surface area contributed by atoms with Crippen LogP contribution in [0.5, 0.6) is 0 Å². The Labute approximate surface area is 106 Å². The van der Waals surface area contributed by atoms with Crippen molar-refractivity contribution >= 4 is 0 Å². The average molecular weight is 240 g/mol. The molecule has 1 saturated carbocycles. The number of nitrogens with zero attached hydrogens (tertiary/aromatic N) is 1. The predicted octanol–water partition coefficient (Wildman–Crippen LogP) is 1.76. The molecule has 2 fully saturated rings. The van der Waals surface area contributed by atoms with Gasteiger partial charge in [-0.25, -0.2) is 0 Å². The van der Waals surface area contributed by atoms with E-state index in [4.69, 9.17) is 5.11 Å². The molecule has 17 heavy (non-hydrogen) atoms. The van der Waals surface area contributed by atoms with Crippen LogP contribution < -0.4 is 5.32 Å². The SMILES string of the molecule is OCCCCCN1CCNCC12CCCCC2. The monoisotopic (exact) mass is 240 g/mol. The van der Waals surface area contributed by atoms with Gasteiger partial charge in [-0.05, 0) is 38.6 Å². The zero-order valence-corrected chi connectivity index (χ0v) is 11.1. The number of nitrogens with one attached hydrogen (secondary N) is 1. The number of hydrogen-bond acceptors (Lipinski definition) is 3. The van der Waals surface area contributed by atoms with E-state index in [0.717, 1.165) is 13.0 Å². The first-order valence-corrected chi connectivity index (χ1v) is 7.44. The molecule has 2 aliphatic rings. The van der Waals surface area contributed by atoms with Crippen LogP contribution in [0, 0.1) is 0 Å². The molecule has 2 N–H and O–H groups in total. The Bertz CT molecular complexity index is 206. The highest BCUT2D eigenvalue weighted by atomic mass is 16.2. The van der Waals surface area contributed by atoms with Crippen molar-refractivity contribution in [1.29, 1.82) is 0 Å². The molecular weight excluding hydrogens is 212 g/mol. The van der Waals surface area contributed by atoms with Gasteiger partial charge in [0.1, 0.15) is 0 Å². The fraction of sp³-hybridized carbons (Fsp3) is 1.00. The third-order valence-corrected chi connectivity index (χ3v) is 4.55. The highest BCUT2D eigenvalue weighted by Gasteiger charge is 2.38. The number of aliphatic hydroxyl groups excluding tert-OH is 1. The minimum atomic E-state index is 0.354. The molecule has 0 unspecified atom stereocenters. The Morgan fingerprint density at radius 3 is 2.65 bits per heavy atom. The lowest BCUT2D eigenvalue weighted by Crippen LogP contribution is -2.62. The van der Waals surface area contributed by atoms with Crippen LogP contribution in [-0.2, 0) is 0 Å². The summed E-state index contributed by atoms with van der Waals surface area (Å²) in [6.45, 7) is 5.17. The molecule has 0 aromatic heterocycles. The summed E-state index contributed by atoms with van der Waals surface area (Å²) in [7, 11) is 0. The van der Waals surface area contributed by atoms with Crippen molar-refractivity contribution in [3.63, 3.8) is 0 Å². The van der Waals surface area contributed by atoms with Gasteiger partial charge < -0.3 is 10.4 Å². The molecule has 1 aliphatic carbocycles. The standard InChI is InChI=1S/C14H28N2O/c17-12-6-2-5-10-16-11-9-15-13-14(16)7-3-1-4-8-14/h15,17H,1-13H2. The van der Waals surface area contributed by atoms with E-state index >= 15 is 0 Å². The third kappa shape index (κ3) is 3.43. The van der Waals surface area contributed by atoms with Gasteiger partial charge in [0.25, 0.3) is 0 Å². The van der Waals surface area contributed by atoms with E-state index in [0.29, 0.717) is 12.1 Å². The third-order valence-electron chi connectivity index (χ3n) is 4.55. The molecule has 0 amide bonds. The number of piperazine rings is 1.